The normalized spacial score (nSPS) is 14.7. The van der Waals surface area contributed by atoms with E-state index in [1.165, 1.54) is 31.0 Å². The molecule has 1 aromatic carbocycles. The number of thioether (sulfide) groups is 1. The molecule has 0 saturated heterocycles. The molecule has 3 rings (SSSR count). The van der Waals surface area contributed by atoms with E-state index in [0.717, 1.165) is 18.7 Å². The van der Waals surface area contributed by atoms with Crippen molar-refractivity contribution in [2.45, 2.75) is 43.2 Å². The summed E-state index contributed by atoms with van der Waals surface area (Å²) < 4.78 is 1.97. The number of hydrogen-bond acceptors (Lipinski definition) is 5. The molecule has 1 heterocycles. The van der Waals surface area contributed by atoms with E-state index >= 15 is 0 Å². The van der Waals surface area contributed by atoms with Gasteiger partial charge < -0.3 is 4.57 Å². The number of nitrogens with one attached hydrogen (secondary N) is 2. The first-order valence-electron chi connectivity index (χ1n) is 8.91. The lowest BCUT2D eigenvalue weighted by Crippen LogP contribution is -2.42. The molecule has 0 spiro atoms. The molecule has 0 unspecified atom stereocenters. The zero-order chi connectivity index (χ0) is 19.2. The van der Waals surface area contributed by atoms with E-state index in [0.29, 0.717) is 21.7 Å². The van der Waals surface area contributed by atoms with Gasteiger partial charge in [0.2, 0.25) is 5.91 Å². The van der Waals surface area contributed by atoms with Gasteiger partial charge in [0, 0.05) is 23.6 Å². The van der Waals surface area contributed by atoms with Gasteiger partial charge in [0.05, 0.1) is 5.75 Å². The van der Waals surface area contributed by atoms with Gasteiger partial charge in [-0.1, -0.05) is 42.6 Å². The first-order valence-corrected chi connectivity index (χ1v) is 10.3. The van der Waals surface area contributed by atoms with Crippen LogP contribution in [0.3, 0.4) is 0 Å². The molecular formula is C18H22ClN5O2S. The van der Waals surface area contributed by atoms with Crippen molar-refractivity contribution in [3.63, 3.8) is 0 Å². The summed E-state index contributed by atoms with van der Waals surface area (Å²) in [7, 11) is 1.94. The molecule has 9 heteroatoms. The van der Waals surface area contributed by atoms with Crippen molar-refractivity contribution < 1.29 is 9.59 Å². The highest BCUT2D eigenvalue weighted by Crippen LogP contribution is 2.32. The van der Waals surface area contributed by atoms with E-state index in [1.54, 1.807) is 24.3 Å². The van der Waals surface area contributed by atoms with E-state index in [2.05, 4.69) is 21.0 Å². The summed E-state index contributed by atoms with van der Waals surface area (Å²) in [6.45, 7) is 0. The first kappa shape index (κ1) is 19.7. The summed E-state index contributed by atoms with van der Waals surface area (Å²) in [6, 6.07) is 6.41. The molecule has 7 nitrogen and oxygen atoms in total. The minimum atomic E-state index is -0.400. The fourth-order valence-electron chi connectivity index (χ4n) is 3.13. The Bertz CT molecular complexity index is 803. The Balaban J connectivity index is 1.47. The summed E-state index contributed by atoms with van der Waals surface area (Å²) >= 11 is 7.09. The Hall–Kier alpha value is -2.06. The highest BCUT2D eigenvalue weighted by Gasteiger charge is 2.22. The first-order chi connectivity index (χ1) is 13.0. The fraction of sp³-hybridized carbons (Fsp3) is 0.444. The summed E-state index contributed by atoms with van der Waals surface area (Å²) in [5.74, 6) is 0.872. The van der Waals surface area contributed by atoms with E-state index in [1.807, 2.05) is 11.6 Å². The van der Waals surface area contributed by atoms with Crippen LogP contribution in [0.4, 0.5) is 0 Å². The standard InChI is InChI=1S/C18H22ClN5O2S/c1-24-16(12-5-3-2-4-6-12)21-23-18(24)27-11-15(25)20-22-17(26)13-7-9-14(19)10-8-13/h7-10,12H,2-6,11H2,1H3,(H,20,25)(H,22,26). The van der Waals surface area contributed by atoms with Gasteiger partial charge >= 0.3 is 0 Å². The van der Waals surface area contributed by atoms with Gasteiger partial charge in [0.25, 0.3) is 5.91 Å². The number of carbonyl (C=O) groups excluding carboxylic acids is 2. The number of benzene rings is 1. The monoisotopic (exact) mass is 407 g/mol. The van der Waals surface area contributed by atoms with E-state index in [-0.39, 0.29) is 11.7 Å². The number of hydrazine groups is 1. The van der Waals surface area contributed by atoms with Crippen molar-refractivity contribution in [1.82, 2.24) is 25.6 Å². The predicted octanol–water partition coefficient (Wildman–Crippen LogP) is 3.07. The fourth-order valence-corrected chi connectivity index (χ4v) is 3.98. The second-order valence-electron chi connectivity index (χ2n) is 6.53. The van der Waals surface area contributed by atoms with E-state index in [4.69, 9.17) is 11.6 Å². The second-order valence-corrected chi connectivity index (χ2v) is 7.91. The maximum Gasteiger partial charge on any atom is 0.269 e. The van der Waals surface area contributed by atoms with Crippen LogP contribution in [0.15, 0.2) is 29.4 Å². The van der Waals surface area contributed by atoms with Gasteiger partial charge in [-0.15, -0.1) is 10.2 Å². The van der Waals surface area contributed by atoms with Gasteiger partial charge in [0.1, 0.15) is 5.82 Å². The van der Waals surface area contributed by atoms with E-state index < -0.39 is 5.91 Å². The van der Waals surface area contributed by atoms with Crippen molar-refractivity contribution in [2.75, 3.05) is 5.75 Å². The zero-order valence-corrected chi connectivity index (χ0v) is 16.6. The largest absolute Gasteiger partial charge is 0.309 e. The van der Waals surface area contributed by atoms with Gasteiger partial charge in [-0.05, 0) is 37.1 Å². The van der Waals surface area contributed by atoms with Crippen LogP contribution in [0.1, 0.15) is 54.2 Å². The molecule has 2 amide bonds. The number of nitrogens with zero attached hydrogens (tertiary/aromatic N) is 3. The highest BCUT2D eigenvalue weighted by atomic mass is 35.5. The Morgan fingerprint density at radius 3 is 2.56 bits per heavy atom. The Morgan fingerprint density at radius 2 is 1.85 bits per heavy atom. The molecular weight excluding hydrogens is 386 g/mol. The lowest BCUT2D eigenvalue weighted by molar-refractivity contribution is -0.119. The minimum absolute atomic E-state index is 0.136. The van der Waals surface area contributed by atoms with Crippen molar-refractivity contribution in [3.05, 3.63) is 40.7 Å². The van der Waals surface area contributed by atoms with Crippen LogP contribution >= 0.6 is 23.4 Å². The number of halogens is 1. The summed E-state index contributed by atoms with van der Waals surface area (Å²) in [6.07, 6.45) is 6.05. The van der Waals surface area contributed by atoms with Crippen LogP contribution in [0, 0.1) is 0 Å². The highest BCUT2D eigenvalue weighted by molar-refractivity contribution is 7.99. The molecule has 2 N–H and O–H groups in total. The van der Waals surface area contributed by atoms with Gasteiger partial charge in [0.15, 0.2) is 5.16 Å². The molecule has 0 bridgehead atoms. The average molecular weight is 408 g/mol. The van der Waals surface area contributed by atoms with Crippen LogP contribution in [0.5, 0.6) is 0 Å². The van der Waals surface area contributed by atoms with Crippen molar-refractivity contribution in [2.24, 2.45) is 7.05 Å². The summed E-state index contributed by atoms with van der Waals surface area (Å²) in [5, 5.41) is 9.78. The molecule has 27 heavy (non-hydrogen) atoms. The number of carbonyl (C=O) groups is 2. The van der Waals surface area contributed by atoms with Gasteiger partial charge in [-0.25, -0.2) is 0 Å². The van der Waals surface area contributed by atoms with Crippen LogP contribution in [0.2, 0.25) is 5.02 Å². The second kappa shape index (κ2) is 9.23. The maximum absolute atomic E-state index is 12.0. The maximum atomic E-state index is 12.0. The Morgan fingerprint density at radius 1 is 1.15 bits per heavy atom. The lowest BCUT2D eigenvalue weighted by Gasteiger charge is -2.20. The number of rotatable bonds is 5. The van der Waals surface area contributed by atoms with Crippen LogP contribution in [0.25, 0.3) is 0 Å². The number of hydrogen-bond donors (Lipinski definition) is 2. The molecule has 2 aromatic rings. The zero-order valence-electron chi connectivity index (χ0n) is 15.1. The van der Waals surface area contributed by atoms with Crippen molar-refractivity contribution >= 4 is 35.2 Å². The molecule has 0 aliphatic heterocycles. The molecule has 1 saturated carbocycles. The predicted molar refractivity (Wildman–Crippen MR) is 105 cm³/mol. The smallest absolute Gasteiger partial charge is 0.269 e. The van der Waals surface area contributed by atoms with Crippen molar-refractivity contribution in [1.29, 1.82) is 0 Å². The Labute approximate surface area is 167 Å². The topological polar surface area (TPSA) is 88.9 Å². The quantitative estimate of drug-likeness (QED) is 0.587. The average Bonchev–Trinajstić information content (AvgIpc) is 3.06. The lowest BCUT2D eigenvalue weighted by atomic mass is 9.89. The summed E-state index contributed by atoms with van der Waals surface area (Å²) in [4.78, 5) is 24.0. The van der Waals surface area contributed by atoms with Crippen LogP contribution in [-0.4, -0.2) is 32.3 Å². The molecule has 0 atom stereocenters. The molecule has 1 aliphatic rings. The van der Waals surface area contributed by atoms with Crippen LogP contribution < -0.4 is 10.9 Å². The number of aromatic nitrogens is 3. The molecule has 0 radical (unpaired) electrons. The summed E-state index contributed by atoms with van der Waals surface area (Å²) in [5.41, 5.74) is 5.21. The molecule has 1 aliphatic carbocycles. The third-order valence-corrected chi connectivity index (χ3v) is 5.87. The molecule has 1 aromatic heterocycles. The van der Waals surface area contributed by atoms with Crippen LogP contribution in [-0.2, 0) is 11.8 Å². The van der Waals surface area contributed by atoms with E-state index in [9.17, 15) is 9.59 Å². The van der Waals surface area contributed by atoms with Crippen molar-refractivity contribution in [3.8, 4) is 0 Å². The minimum Gasteiger partial charge on any atom is -0.309 e. The Kier molecular flexibility index (Phi) is 6.73. The van der Waals surface area contributed by atoms with Gasteiger partial charge in [-0.2, -0.15) is 0 Å². The third-order valence-electron chi connectivity index (χ3n) is 4.59. The number of amides is 2. The molecule has 1 fully saturated rings. The SMILES string of the molecule is Cn1c(SCC(=O)NNC(=O)c2ccc(Cl)cc2)nnc1C1CCCCC1. The van der Waals surface area contributed by atoms with Gasteiger partial charge in [-0.3, -0.25) is 20.4 Å². The molecule has 144 valence electrons. The third kappa shape index (κ3) is 5.23.